The van der Waals surface area contributed by atoms with Crippen molar-refractivity contribution < 1.29 is 14.6 Å². The second kappa shape index (κ2) is 10.2. The number of hydrogen-bond acceptors (Lipinski definition) is 5. The Labute approximate surface area is 182 Å². The number of amides is 1. The van der Waals surface area contributed by atoms with Gasteiger partial charge in [0.05, 0.1) is 31.4 Å². The molecule has 1 N–H and O–H groups in total. The van der Waals surface area contributed by atoms with E-state index in [4.69, 9.17) is 4.74 Å². The van der Waals surface area contributed by atoms with Gasteiger partial charge in [-0.25, -0.2) is 4.98 Å². The lowest BCUT2D eigenvalue weighted by Gasteiger charge is -2.28. The fraction of sp³-hybridized carbons (Fsp3) is 0.280. The summed E-state index contributed by atoms with van der Waals surface area (Å²) in [6.45, 7) is 3.57. The summed E-state index contributed by atoms with van der Waals surface area (Å²) in [5, 5.41) is 10.8. The molecule has 1 aromatic heterocycles. The Bertz CT molecular complexity index is 958. The van der Waals surface area contributed by atoms with Crippen LogP contribution in [-0.2, 0) is 11.3 Å². The topological polar surface area (TPSA) is 65.9 Å². The summed E-state index contributed by atoms with van der Waals surface area (Å²) < 4.78 is 5.39. The van der Waals surface area contributed by atoms with Gasteiger partial charge in [0.1, 0.15) is 5.82 Å². The van der Waals surface area contributed by atoms with E-state index in [1.165, 1.54) is 0 Å². The number of carbonyl (C=O) groups excluding carboxylic acids is 1. The molecular formula is C25H27N3O3. The molecule has 4 rings (SSSR count). The molecule has 1 saturated heterocycles. The molecule has 0 spiro atoms. The maximum absolute atomic E-state index is 13.3. The predicted molar refractivity (Wildman–Crippen MR) is 120 cm³/mol. The van der Waals surface area contributed by atoms with Crippen molar-refractivity contribution in [3.05, 3.63) is 95.7 Å². The van der Waals surface area contributed by atoms with E-state index >= 15 is 0 Å². The molecule has 0 radical (unpaired) electrons. The molecular weight excluding hydrogens is 390 g/mol. The lowest BCUT2D eigenvalue weighted by molar-refractivity contribution is 0.0603. The van der Waals surface area contributed by atoms with E-state index < -0.39 is 6.10 Å². The highest BCUT2D eigenvalue weighted by atomic mass is 16.5. The normalized spacial score (nSPS) is 14.8. The Kier molecular flexibility index (Phi) is 6.92. The summed E-state index contributed by atoms with van der Waals surface area (Å²) in [6, 6.07) is 22.9. The quantitative estimate of drug-likeness (QED) is 0.639. The zero-order valence-electron chi connectivity index (χ0n) is 17.4. The molecule has 0 saturated carbocycles. The van der Waals surface area contributed by atoms with Crippen LogP contribution in [0.5, 0.6) is 0 Å². The van der Waals surface area contributed by atoms with Gasteiger partial charge in [-0.3, -0.25) is 4.79 Å². The van der Waals surface area contributed by atoms with Crippen LogP contribution < -0.4 is 4.90 Å². The molecule has 2 heterocycles. The summed E-state index contributed by atoms with van der Waals surface area (Å²) in [7, 11) is 0. The van der Waals surface area contributed by atoms with Crippen molar-refractivity contribution in [2.75, 3.05) is 37.7 Å². The summed E-state index contributed by atoms with van der Waals surface area (Å²) in [5.74, 6) is 0.693. The summed E-state index contributed by atoms with van der Waals surface area (Å²) >= 11 is 0. The van der Waals surface area contributed by atoms with Gasteiger partial charge in [-0.2, -0.15) is 0 Å². The smallest absolute Gasteiger partial charge is 0.255 e. The number of benzene rings is 2. The van der Waals surface area contributed by atoms with Crippen LogP contribution in [0.2, 0.25) is 0 Å². The van der Waals surface area contributed by atoms with Crippen molar-refractivity contribution in [1.29, 1.82) is 0 Å². The first-order chi connectivity index (χ1) is 15.2. The molecule has 6 heteroatoms. The zero-order chi connectivity index (χ0) is 21.5. The number of rotatable bonds is 7. The summed E-state index contributed by atoms with van der Waals surface area (Å²) in [6.07, 6.45) is 0.856. The molecule has 1 aliphatic rings. The average molecular weight is 418 g/mol. The highest BCUT2D eigenvalue weighted by Gasteiger charge is 2.21. The first-order valence-corrected chi connectivity index (χ1v) is 10.6. The van der Waals surface area contributed by atoms with Gasteiger partial charge in [0.25, 0.3) is 5.91 Å². The number of pyridine rings is 1. The third kappa shape index (κ3) is 5.48. The van der Waals surface area contributed by atoms with E-state index in [1.807, 2.05) is 72.8 Å². The monoisotopic (exact) mass is 417 g/mol. The van der Waals surface area contributed by atoms with Crippen molar-refractivity contribution in [3.63, 3.8) is 0 Å². The molecule has 1 aliphatic heterocycles. The minimum atomic E-state index is -0.769. The highest BCUT2D eigenvalue weighted by Crippen LogP contribution is 2.19. The fourth-order valence-corrected chi connectivity index (χ4v) is 3.69. The van der Waals surface area contributed by atoms with E-state index in [0.717, 1.165) is 30.0 Å². The Morgan fingerprint density at radius 3 is 2.32 bits per heavy atom. The number of nitrogens with zero attached hydrogens (tertiary/aromatic N) is 3. The molecule has 1 fully saturated rings. The molecule has 2 aromatic carbocycles. The van der Waals surface area contributed by atoms with Crippen LogP contribution in [0, 0.1) is 0 Å². The van der Waals surface area contributed by atoms with E-state index in [0.29, 0.717) is 25.3 Å². The Balaban J connectivity index is 1.52. The minimum absolute atomic E-state index is 0.153. The number of aromatic nitrogens is 1. The van der Waals surface area contributed by atoms with Gasteiger partial charge in [0, 0.05) is 25.8 Å². The van der Waals surface area contributed by atoms with E-state index in [1.54, 1.807) is 11.1 Å². The van der Waals surface area contributed by atoms with Crippen LogP contribution in [0.3, 0.4) is 0 Å². The zero-order valence-corrected chi connectivity index (χ0v) is 17.4. The van der Waals surface area contributed by atoms with Gasteiger partial charge in [0.15, 0.2) is 0 Å². The molecule has 1 atom stereocenters. The van der Waals surface area contributed by atoms with Crippen molar-refractivity contribution in [2.24, 2.45) is 0 Å². The SMILES string of the molecule is O=C(c1ccc(N2CCOCC2)nc1)N(Cc1ccccc1)CC(O)c1ccccc1. The van der Waals surface area contributed by atoms with Crippen LogP contribution in [0.25, 0.3) is 0 Å². The van der Waals surface area contributed by atoms with Gasteiger partial charge in [-0.1, -0.05) is 60.7 Å². The largest absolute Gasteiger partial charge is 0.387 e. The van der Waals surface area contributed by atoms with E-state index in [2.05, 4.69) is 9.88 Å². The Morgan fingerprint density at radius 1 is 1.00 bits per heavy atom. The van der Waals surface area contributed by atoms with Gasteiger partial charge >= 0.3 is 0 Å². The van der Waals surface area contributed by atoms with Crippen LogP contribution in [0.4, 0.5) is 5.82 Å². The Hall–Kier alpha value is -3.22. The van der Waals surface area contributed by atoms with Crippen molar-refractivity contribution in [2.45, 2.75) is 12.6 Å². The van der Waals surface area contributed by atoms with Crippen molar-refractivity contribution >= 4 is 11.7 Å². The number of anilines is 1. The first kappa shape index (κ1) is 21.0. The minimum Gasteiger partial charge on any atom is -0.387 e. The van der Waals surface area contributed by atoms with Crippen LogP contribution in [0.1, 0.15) is 27.6 Å². The van der Waals surface area contributed by atoms with Gasteiger partial charge in [-0.15, -0.1) is 0 Å². The number of morpholine rings is 1. The van der Waals surface area contributed by atoms with Gasteiger partial charge in [-0.05, 0) is 23.3 Å². The molecule has 160 valence electrons. The van der Waals surface area contributed by atoms with E-state index in [9.17, 15) is 9.90 Å². The third-order valence-corrected chi connectivity index (χ3v) is 5.41. The number of carbonyl (C=O) groups is 1. The molecule has 6 nitrogen and oxygen atoms in total. The molecule has 0 bridgehead atoms. The summed E-state index contributed by atoms with van der Waals surface area (Å²) in [5.41, 5.74) is 2.30. The first-order valence-electron chi connectivity index (χ1n) is 10.6. The van der Waals surface area contributed by atoms with Crippen LogP contribution >= 0.6 is 0 Å². The third-order valence-electron chi connectivity index (χ3n) is 5.41. The van der Waals surface area contributed by atoms with Gasteiger partial charge < -0.3 is 19.6 Å². The number of hydrogen-bond donors (Lipinski definition) is 1. The molecule has 31 heavy (non-hydrogen) atoms. The molecule has 0 aliphatic carbocycles. The number of aliphatic hydroxyl groups is 1. The van der Waals surface area contributed by atoms with Crippen LogP contribution in [0.15, 0.2) is 79.0 Å². The highest BCUT2D eigenvalue weighted by molar-refractivity contribution is 5.94. The van der Waals surface area contributed by atoms with Crippen molar-refractivity contribution in [1.82, 2.24) is 9.88 Å². The lowest BCUT2D eigenvalue weighted by atomic mass is 10.1. The van der Waals surface area contributed by atoms with Crippen LogP contribution in [-0.4, -0.2) is 53.7 Å². The predicted octanol–water partition coefficient (Wildman–Crippen LogP) is 3.29. The lowest BCUT2D eigenvalue weighted by Crippen LogP contribution is -2.37. The number of aliphatic hydroxyl groups excluding tert-OH is 1. The molecule has 3 aromatic rings. The standard InChI is InChI=1S/C25H27N3O3/c29-23(21-9-5-2-6-10-21)19-28(18-20-7-3-1-4-8-20)25(30)22-11-12-24(26-17-22)27-13-15-31-16-14-27/h1-12,17,23,29H,13-16,18-19H2. The maximum Gasteiger partial charge on any atom is 0.255 e. The van der Waals surface area contributed by atoms with Crippen molar-refractivity contribution in [3.8, 4) is 0 Å². The fourth-order valence-electron chi connectivity index (χ4n) is 3.69. The molecule has 1 unspecified atom stereocenters. The second-order valence-electron chi connectivity index (χ2n) is 7.60. The Morgan fingerprint density at radius 2 is 1.68 bits per heavy atom. The summed E-state index contributed by atoms with van der Waals surface area (Å²) in [4.78, 5) is 21.7. The second-order valence-corrected chi connectivity index (χ2v) is 7.60. The van der Waals surface area contributed by atoms with Gasteiger partial charge in [0.2, 0.25) is 0 Å². The number of ether oxygens (including phenoxy) is 1. The van der Waals surface area contributed by atoms with E-state index in [-0.39, 0.29) is 12.5 Å². The molecule has 1 amide bonds. The average Bonchev–Trinajstić information content (AvgIpc) is 2.85. The maximum atomic E-state index is 13.3.